The van der Waals surface area contributed by atoms with Crippen LogP contribution < -0.4 is 5.32 Å². The Hall–Kier alpha value is -0.0800. The highest BCUT2D eigenvalue weighted by atomic mass is 15.2. The molecule has 1 aliphatic rings. The van der Waals surface area contributed by atoms with Crippen molar-refractivity contribution in [3.8, 4) is 0 Å². The molecule has 0 aromatic heterocycles. The summed E-state index contributed by atoms with van der Waals surface area (Å²) in [6, 6.07) is 0.681. The highest BCUT2D eigenvalue weighted by Crippen LogP contribution is 2.22. The maximum Gasteiger partial charge on any atom is 0.0252 e. The van der Waals surface area contributed by atoms with Crippen LogP contribution in [-0.2, 0) is 0 Å². The predicted molar refractivity (Wildman–Crippen MR) is 67.2 cm³/mol. The molecule has 15 heavy (non-hydrogen) atoms. The van der Waals surface area contributed by atoms with Gasteiger partial charge in [0.1, 0.15) is 0 Å². The third-order valence-electron chi connectivity index (χ3n) is 3.25. The summed E-state index contributed by atoms with van der Waals surface area (Å²) in [7, 11) is 0. The second-order valence-corrected chi connectivity index (χ2v) is 6.89. The summed E-state index contributed by atoms with van der Waals surface area (Å²) in [5.41, 5.74) is 0.735. The standard InChI is InChI=1S/C13H28N2/c1-11-9-14-13(5,6)10-15(11)8-7-12(2,3)4/h11,14H,7-10H2,1-6H3. The van der Waals surface area contributed by atoms with Crippen molar-refractivity contribution in [1.82, 2.24) is 10.2 Å². The van der Waals surface area contributed by atoms with E-state index in [4.69, 9.17) is 0 Å². The van der Waals surface area contributed by atoms with Crippen LogP contribution in [0.2, 0.25) is 0 Å². The minimum Gasteiger partial charge on any atom is -0.309 e. The van der Waals surface area contributed by atoms with Gasteiger partial charge in [-0.2, -0.15) is 0 Å². The molecule has 0 saturated carbocycles. The zero-order valence-corrected chi connectivity index (χ0v) is 11.4. The van der Waals surface area contributed by atoms with E-state index in [-0.39, 0.29) is 5.54 Å². The van der Waals surface area contributed by atoms with Crippen molar-refractivity contribution in [3.05, 3.63) is 0 Å². The van der Waals surface area contributed by atoms with E-state index in [1.807, 2.05) is 0 Å². The number of rotatable bonds is 2. The molecule has 1 N–H and O–H groups in total. The van der Waals surface area contributed by atoms with E-state index in [9.17, 15) is 0 Å². The summed E-state index contributed by atoms with van der Waals surface area (Å²) in [6.45, 7) is 17.4. The molecule has 0 radical (unpaired) electrons. The second kappa shape index (κ2) is 4.42. The molecular weight excluding hydrogens is 184 g/mol. The van der Waals surface area contributed by atoms with Gasteiger partial charge in [0, 0.05) is 24.7 Å². The third kappa shape index (κ3) is 4.52. The first-order valence-electron chi connectivity index (χ1n) is 6.19. The molecule has 0 aromatic rings. The van der Waals surface area contributed by atoms with Gasteiger partial charge in [0.15, 0.2) is 0 Å². The van der Waals surface area contributed by atoms with Gasteiger partial charge in [-0.3, -0.25) is 4.90 Å². The Bertz CT molecular complexity index is 203. The highest BCUT2D eigenvalue weighted by Gasteiger charge is 2.30. The van der Waals surface area contributed by atoms with Gasteiger partial charge in [0.2, 0.25) is 0 Å². The summed E-state index contributed by atoms with van der Waals surface area (Å²) in [4.78, 5) is 2.63. The van der Waals surface area contributed by atoms with E-state index in [1.54, 1.807) is 0 Å². The number of hydrogen-bond acceptors (Lipinski definition) is 2. The topological polar surface area (TPSA) is 15.3 Å². The summed E-state index contributed by atoms with van der Waals surface area (Å²) in [5, 5.41) is 3.59. The van der Waals surface area contributed by atoms with Crippen molar-refractivity contribution in [2.45, 2.75) is 59.5 Å². The molecule has 1 atom stereocenters. The van der Waals surface area contributed by atoms with Crippen LogP contribution in [0.4, 0.5) is 0 Å². The van der Waals surface area contributed by atoms with Crippen LogP contribution in [0.5, 0.6) is 0 Å². The Kier molecular flexibility index (Phi) is 3.83. The summed E-state index contributed by atoms with van der Waals surface area (Å²) < 4.78 is 0. The van der Waals surface area contributed by atoms with Crippen molar-refractivity contribution >= 4 is 0 Å². The molecule has 90 valence electrons. The molecule has 1 saturated heterocycles. The van der Waals surface area contributed by atoms with Crippen LogP contribution in [-0.4, -0.2) is 36.1 Å². The Labute approximate surface area is 95.4 Å². The van der Waals surface area contributed by atoms with Crippen LogP contribution >= 0.6 is 0 Å². The third-order valence-corrected chi connectivity index (χ3v) is 3.25. The van der Waals surface area contributed by atoms with E-state index in [0.29, 0.717) is 11.5 Å². The van der Waals surface area contributed by atoms with Crippen molar-refractivity contribution in [3.63, 3.8) is 0 Å². The number of piperazine rings is 1. The number of nitrogens with one attached hydrogen (secondary N) is 1. The second-order valence-electron chi connectivity index (χ2n) is 6.89. The first-order chi connectivity index (χ1) is 6.70. The zero-order valence-electron chi connectivity index (χ0n) is 11.4. The molecule has 2 nitrogen and oxygen atoms in total. The lowest BCUT2D eigenvalue weighted by Crippen LogP contribution is -2.60. The summed E-state index contributed by atoms with van der Waals surface area (Å²) in [5.74, 6) is 0. The molecular formula is C13H28N2. The quantitative estimate of drug-likeness (QED) is 0.756. The van der Waals surface area contributed by atoms with Crippen LogP contribution in [0.3, 0.4) is 0 Å². The molecule has 0 aromatic carbocycles. The predicted octanol–water partition coefficient (Wildman–Crippen LogP) is 2.49. The fraction of sp³-hybridized carbons (Fsp3) is 1.00. The lowest BCUT2D eigenvalue weighted by molar-refractivity contribution is 0.0926. The van der Waals surface area contributed by atoms with Gasteiger partial charge in [-0.15, -0.1) is 0 Å². The Morgan fingerprint density at radius 2 is 1.93 bits per heavy atom. The van der Waals surface area contributed by atoms with Crippen LogP contribution in [0.25, 0.3) is 0 Å². The van der Waals surface area contributed by atoms with Gasteiger partial charge in [0.05, 0.1) is 0 Å². The lowest BCUT2D eigenvalue weighted by Gasteiger charge is -2.44. The van der Waals surface area contributed by atoms with Crippen LogP contribution in [0.1, 0.15) is 48.0 Å². The molecule has 1 unspecified atom stereocenters. The molecule has 2 heteroatoms. The summed E-state index contributed by atoms with van der Waals surface area (Å²) >= 11 is 0. The van der Waals surface area contributed by atoms with Crippen LogP contribution in [0, 0.1) is 5.41 Å². The van der Waals surface area contributed by atoms with Gasteiger partial charge < -0.3 is 5.32 Å². The van der Waals surface area contributed by atoms with E-state index in [1.165, 1.54) is 19.5 Å². The van der Waals surface area contributed by atoms with Crippen LogP contribution in [0.15, 0.2) is 0 Å². The van der Waals surface area contributed by atoms with Crippen molar-refractivity contribution in [2.75, 3.05) is 19.6 Å². The molecule has 0 aliphatic carbocycles. The van der Waals surface area contributed by atoms with Gasteiger partial charge in [0.25, 0.3) is 0 Å². The number of hydrogen-bond donors (Lipinski definition) is 1. The fourth-order valence-electron chi connectivity index (χ4n) is 2.05. The smallest absolute Gasteiger partial charge is 0.0252 e. The molecule has 1 aliphatic heterocycles. The molecule has 0 bridgehead atoms. The van der Waals surface area contributed by atoms with Crippen molar-refractivity contribution in [2.24, 2.45) is 5.41 Å². The average Bonchev–Trinajstić information content (AvgIpc) is 2.05. The normalized spacial score (nSPS) is 28.0. The molecule has 1 rings (SSSR count). The molecule has 1 fully saturated rings. The first kappa shape index (κ1) is 13.0. The zero-order chi connectivity index (χ0) is 11.7. The highest BCUT2D eigenvalue weighted by molar-refractivity contribution is 4.90. The lowest BCUT2D eigenvalue weighted by atomic mass is 9.91. The minimum atomic E-state index is 0.282. The molecule has 0 spiro atoms. The van der Waals surface area contributed by atoms with Crippen molar-refractivity contribution in [1.29, 1.82) is 0 Å². The van der Waals surface area contributed by atoms with Gasteiger partial charge >= 0.3 is 0 Å². The Balaban J connectivity index is 2.45. The van der Waals surface area contributed by atoms with E-state index in [0.717, 1.165) is 6.54 Å². The Morgan fingerprint density at radius 3 is 2.47 bits per heavy atom. The fourth-order valence-corrected chi connectivity index (χ4v) is 2.05. The summed E-state index contributed by atoms with van der Waals surface area (Å²) in [6.07, 6.45) is 1.29. The largest absolute Gasteiger partial charge is 0.309 e. The monoisotopic (exact) mass is 212 g/mol. The van der Waals surface area contributed by atoms with Crippen molar-refractivity contribution < 1.29 is 0 Å². The van der Waals surface area contributed by atoms with E-state index in [2.05, 4.69) is 51.8 Å². The SMILES string of the molecule is CC1CNC(C)(C)CN1CCC(C)(C)C. The number of nitrogens with zero attached hydrogens (tertiary/aromatic N) is 1. The minimum absolute atomic E-state index is 0.282. The first-order valence-corrected chi connectivity index (χ1v) is 6.19. The van der Waals surface area contributed by atoms with E-state index < -0.39 is 0 Å². The van der Waals surface area contributed by atoms with Gasteiger partial charge in [-0.1, -0.05) is 20.8 Å². The van der Waals surface area contributed by atoms with E-state index >= 15 is 0 Å². The molecule has 0 amide bonds. The Morgan fingerprint density at radius 1 is 1.33 bits per heavy atom. The average molecular weight is 212 g/mol. The maximum atomic E-state index is 3.59. The van der Waals surface area contributed by atoms with Gasteiger partial charge in [-0.25, -0.2) is 0 Å². The van der Waals surface area contributed by atoms with Gasteiger partial charge in [-0.05, 0) is 39.2 Å². The molecule has 1 heterocycles. The maximum absolute atomic E-state index is 3.59.